The first-order valence-corrected chi connectivity index (χ1v) is 14.0. The first-order chi connectivity index (χ1) is 16.3. The van der Waals surface area contributed by atoms with Crippen molar-refractivity contribution < 1.29 is 23.1 Å². The predicted molar refractivity (Wildman–Crippen MR) is 138 cm³/mol. The van der Waals surface area contributed by atoms with Gasteiger partial charge in [-0.1, -0.05) is 69.2 Å². The number of hydrogen-bond acceptors (Lipinski definition) is 5. The number of ether oxygens (including phenoxy) is 1. The molecule has 0 saturated carbocycles. The first kappa shape index (κ1) is 28.3. The lowest BCUT2D eigenvalue weighted by molar-refractivity contribution is -0.136. The van der Waals surface area contributed by atoms with Crippen molar-refractivity contribution in [3.63, 3.8) is 0 Å². The normalized spacial score (nSPS) is 24.9. The molecule has 1 fully saturated rings. The van der Waals surface area contributed by atoms with E-state index in [-0.39, 0.29) is 23.5 Å². The Kier molecular flexibility index (Phi) is 11.5. The van der Waals surface area contributed by atoms with Crippen LogP contribution >= 0.6 is 0 Å². The summed E-state index contributed by atoms with van der Waals surface area (Å²) in [7, 11) is -1.90. The molecule has 190 valence electrons. The Labute approximate surface area is 205 Å². The number of allylic oxidation sites excluding steroid dienone is 1. The van der Waals surface area contributed by atoms with Crippen LogP contribution in [0.1, 0.15) is 70.3 Å². The summed E-state index contributed by atoms with van der Waals surface area (Å²) in [6.45, 7) is 5.49. The summed E-state index contributed by atoms with van der Waals surface area (Å²) in [6, 6.07) is 10.2. The summed E-state index contributed by atoms with van der Waals surface area (Å²) in [4.78, 5) is 11.1. The topological polar surface area (TPSA) is 92.7 Å². The Bertz CT molecular complexity index is 939. The molecule has 1 aromatic rings. The number of sulfone groups is 1. The fourth-order valence-electron chi connectivity index (χ4n) is 4.85. The number of aliphatic carboxylic acids is 1. The molecule has 2 atom stereocenters. The molecule has 0 bridgehead atoms. The van der Waals surface area contributed by atoms with Gasteiger partial charge in [-0.2, -0.15) is 0 Å². The lowest BCUT2D eigenvalue weighted by Crippen LogP contribution is -2.29. The predicted octanol–water partition coefficient (Wildman–Crippen LogP) is 5.09. The maximum Gasteiger partial charge on any atom is 0.304 e. The van der Waals surface area contributed by atoms with Crippen LogP contribution in [-0.4, -0.2) is 52.1 Å². The minimum absolute atomic E-state index is 0.0309. The van der Waals surface area contributed by atoms with Crippen LogP contribution in [0.15, 0.2) is 53.0 Å². The van der Waals surface area contributed by atoms with Gasteiger partial charge in [0.25, 0.3) is 0 Å². The van der Waals surface area contributed by atoms with Crippen molar-refractivity contribution in [3.05, 3.63) is 58.5 Å². The number of unbranched alkanes of at least 4 members (excludes halogenated alkanes) is 1. The second kappa shape index (κ2) is 13.8. The van der Waals surface area contributed by atoms with Gasteiger partial charge >= 0.3 is 5.97 Å². The third-order valence-electron chi connectivity index (χ3n) is 6.78. The van der Waals surface area contributed by atoms with Crippen molar-refractivity contribution in [3.8, 4) is 0 Å². The van der Waals surface area contributed by atoms with Gasteiger partial charge in [-0.15, -0.1) is 0 Å². The van der Waals surface area contributed by atoms with Crippen LogP contribution in [0.2, 0.25) is 0 Å². The fourth-order valence-corrected chi connectivity index (χ4v) is 7.24. The van der Waals surface area contributed by atoms with E-state index < -0.39 is 15.8 Å². The number of carbonyl (C=O) groups is 1. The van der Waals surface area contributed by atoms with Gasteiger partial charge < -0.3 is 15.2 Å². The number of rotatable bonds is 13. The zero-order valence-electron chi connectivity index (χ0n) is 20.9. The van der Waals surface area contributed by atoms with Crippen molar-refractivity contribution >= 4 is 15.8 Å². The third-order valence-corrected chi connectivity index (χ3v) is 8.84. The Morgan fingerprint density at radius 3 is 2.56 bits per heavy atom. The van der Waals surface area contributed by atoms with Gasteiger partial charge in [0.1, 0.15) is 0 Å². The third kappa shape index (κ3) is 8.07. The highest BCUT2D eigenvalue weighted by molar-refractivity contribution is 7.95. The number of nitrogens with one attached hydrogen (secondary N) is 1. The fraction of sp³-hybridized carbons (Fsp3) is 0.593. The molecule has 1 heterocycles. The average Bonchev–Trinajstić information content (AvgIpc) is 2.91. The second-order valence-corrected chi connectivity index (χ2v) is 11.2. The highest BCUT2D eigenvalue weighted by Crippen LogP contribution is 2.49. The maximum atomic E-state index is 13.9. The first-order valence-electron chi connectivity index (χ1n) is 12.4. The molecular formula is C27H41NO5S. The van der Waals surface area contributed by atoms with E-state index in [2.05, 4.69) is 31.3 Å². The molecule has 2 N–H and O–H groups in total. The van der Waals surface area contributed by atoms with Crippen LogP contribution in [0.3, 0.4) is 0 Å². The van der Waals surface area contributed by atoms with Crippen molar-refractivity contribution in [2.45, 2.75) is 64.7 Å². The van der Waals surface area contributed by atoms with Crippen LogP contribution in [0.5, 0.6) is 0 Å². The molecule has 34 heavy (non-hydrogen) atoms. The number of benzene rings is 1. The van der Waals surface area contributed by atoms with E-state index in [0.29, 0.717) is 31.0 Å². The Balaban J connectivity index is 2.51. The molecule has 2 rings (SSSR count). The van der Waals surface area contributed by atoms with Crippen LogP contribution in [-0.2, 0) is 19.4 Å². The van der Waals surface area contributed by atoms with Crippen molar-refractivity contribution in [1.82, 2.24) is 5.32 Å². The van der Waals surface area contributed by atoms with Crippen molar-refractivity contribution in [2.75, 3.05) is 32.6 Å². The van der Waals surface area contributed by atoms with E-state index in [4.69, 9.17) is 9.84 Å². The molecular weight excluding hydrogens is 450 g/mol. The molecule has 1 aliphatic rings. The summed E-state index contributed by atoms with van der Waals surface area (Å²) < 4.78 is 33.0. The maximum absolute atomic E-state index is 13.9. The largest absolute Gasteiger partial charge is 0.481 e. The summed E-state index contributed by atoms with van der Waals surface area (Å²) in [5.74, 6) is -0.727. The standard InChI is InChI=1S/C27H41NO5S/c1-4-6-16-27(5-2)20-24(22-11-8-7-9-12-22)23(15-19-33-3)25(34(31,32)21-27)13-10-17-28-18-14-26(29)30/h7-9,11-13,15,24,28H,4-6,10,14,16-21H2,1-3H3,(H,29,30)/b23-15-,25-13+/t24-,27+/m1/s1. The van der Waals surface area contributed by atoms with E-state index >= 15 is 0 Å². The number of methoxy groups -OCH3 is 1. The van der Waals surface area contributed by atoms with Crippen molar-refractivity contribution in [2.24, 2.45) is 5.41 Å². The smallest absolute Gasteiger partial charge is 0.304 e. The lowest BCUT2D eigenvalue weighted by Gasteiger charge is -2.34. The lowest BCUT2D eigenvalue weighted by atomic mass is 9.71. The van der Waals surface area contributed by atoms with Crippen LogP contribution in [0.4, 0.5) is 0 Å². The number of carboxylic acids is 1. The molecule has 0 aliphatic carbocycles. The van der Waals surface area contributed by atoms with E-state index in [1.807, 2.05) is 30.4 Å². The van der Waals surface area contributed by atoms with Gasteiger partial charge in [-0.25, -0.2) is 8.42 Å². The van der Waals surface area contributed by atoms with Crippen LogP contribution in [0, 0.1) is 5.41 Å². The molecule has 7 heteroatoms. The second-order valence-electron chi connectivity index (χ2n) is 9.25. The Morgan fingerprint density at radius 2 is 1.94 bits per heavy atom. The van der Waals surface area contributed by atoms with E-state index in [0.717, 1.165) is 43.2 Å². The van der Waals surface area contributed by atoms with Gasteiger partial charge in [0.05, 0.1) is 23.7 Å². The highest BCUT2D eigenvalue weighted by Gasteiger charge is 2.43. The van der Waals surface area contributed by atoms with Gasteiger partial charge in [0, 0.05) is 19.6 Å². The summed E-state index contributed by atoms with van der Waals surface area (Å²) in [6.07, 6.45) is 8.85. The zero-order chi connectivity index (χ0) is 25.0. The van der Waals surface area contributed by atoms with Gasteiger partial charge in [-0.3, -0.25) is 4.79 Å². The monoisotopic (exact) mass is 491 g/mol. The molecule has 1 aliphatic heterocycles. The average molecular weight is 492 g/mol. The van der Waals surface area contributed by atoms with Gasteiger partial charge in [0.2, 0.25) is 0 Å². The van der Waals surface area contributed by atoms with Crippen LogP contribution in [0.25, 0.3) is 0 Å². The van der Waals surface area contributed by atoms with Crippen LogP contribution < -0.4 is 5.32 Å². The minimum Gasteiger partial charge on any atom is -0.481 e. The van der Waals surface area contributed by atoms with Gasteiger partial charge in [0.15, 0.2) is 9.84 Å². The SMILES string of the molecule is CCCC[C@@]1(CC)C[C@H](c2ccccc2)C(=C/COC)/C(=C\CCNCCC(=O)O)S(=O)(=O)C1. The van der Waals surface area contributed by atoms with Gasteiger partial charge in [-0.05, 0) is 48.8 Å². The van der Waals surface area contributed by atoms with Crippen molar-refractivity contribution in [1.29, 1.82) is 0 Å². The summed E-state index contributed by atoms with van der Waals surface area (Å²) in [5.41, 5.74) is 1.67. The highest BCUT2D eigenvalue weighted by atomic mass is 32.2. The Hall–Kier alpha value is -1.96. The molecule has 0 unspecified atom stereocenters. The molecule has 0 aromatic heterocycles. The van der Waals surface area contributed by atoms with E-state index in [9.17, 15) is 13.2 Å². The molecule has 6 nitrogen and oxygen atoms in total. The molecule has 1 saturated heterocycles. The van der Waals surface area contributed by atoms with E-state index in [1.54, 1.807) is 7.11 Å². The number of hydrogen-bond donors (Lipinski definition) is 2. The number of carboxylic acid groups (broad SMARTS) is 1. The Morgan fingerprint density at radius 1 is 1.21 bits per heavy atom. The summed E-state index contributed by atoms with van der Waals surface area (Å²) in [5, 5.41) is 11.9. The minimum atomic E-state index is -3.52. The summed E-state index contributed by atoms with van der Waals surface area (Å²) >= 11 is 0. The molecule has 0 amide bonds. The zero-order valence-corrected chi connectivity index (χ0v) is 21.7. The molecule has 1 aromatic carbocycles. The quantitative estimate of drug-likeness (QED) is 0.374. The van der Waals surface area contributed by atoms with E-state index in [1.165, 1.54) is 0 Å². The molecule has 0 radical (unpaired) electrons. The molecule has 0 spiro atoms.